The van der Waals surface area contributed by atoms with E-state index in [9.17, 15) is 4.79 Å². The molecule has 64 valence electrons. The molecule has 1 heteroatoms. The first-order valence-corrected chi connectivity index (χ1v) is 4.78. The Labute approximate surface area is 69.2 Å². The Morgan fingerprint density at radius 1 is 1.36 bits per heavy atom. The zero-order valence-corrected chi connectivity index (χ0v) is 7.44. The molecule has 0 radical (unpaired) electrons. The van der Waals surface area contributed by atoms with Gasteiger partial charge < -0.3 is 4.79 Å². The molecule has 0 spiro atoms. The zero-order chi connectivity index (χ0) is 8.10. The van der Waals surface area contributed by atoms with Gasteiger partial charge in [-0.3, -0.25) is 0 Å². The van der Waals surface area contributed by atoms with Gasteiger partial charge in [0.1, 0.15) is 5.78 Å². The first-order chi connectivity index (χ1) is 5.29. The van der Waals surface area contributed by atoms with Gasteiger partial charge in [-0.2, -0.15) is 0 Å². The summed E-state index contributed by atoms with van der Waals surface area (Å²) in [4.78, 5) is 10.6. The van der Waals surface area contributed by atoms with Gasteiger partial charge >= 0.3 is 0 Å². The summed E-state index contributed by atoms with van der Waals surface area (Å²) in [5.74, 6) is 1.30. The molecule has 1 rings (SSSR count). The number of rotatable bonds is 4. The molecule has 0 unspecified atom stereocenters. The van der Waals surface area contributed by atoms with E-state index in [4.69, 9.17) is 0 Å². The van der Waals surface area contributed by atoms with E-state index in [2.05, 4.69) is 0 Å². The van der Waals surface area contributed by atoms with Crippen LogP contribution in [0, 0.1) is 5.92 Å². The van der Waals surface area contributed by atoms with E-state index in [1.54, 1.807) is 6.92 Å². The third-order valence-electron chi connectivity index (χ3n) is 2.62. The molecule has 0 atom stereocenters. The number of hydrogen-bond donors (Lipinski definition) is 0. The van der Waals surface area contributed by atoms with Crippen molar-refractivity contribution in [2.75, 3.05) is 0 Å². The molecule has 1 aliphatic carbocycles. The summed E-state index contributed by atoms with van der Waals surface area (Å²) in [6.07, 6.45) is 8.89. The standard InChI is InChI=1S/C10H18O/c1-9(11)5-4-8-10-6-2-3-7-10/h10H,2-8H2,1H3. The van der Waals surface area contributed by atoms with E-state index < -0.39 is 0 Å². The Morgan fingerprint density at radius 3 is 2.55 bits per heavy atom. The highest BCUT2D eigenvalue weighted by molar-refractivity contribution is 5.75. The van der Waals surface area contributed by atoms with Crippen molar-refractivity contribution in [1.29, 1.82) is 0 Å². The lowest BCUT2D eigenvalue weighted by Crippen LogP contribution is -1.95. The molecule has 11 heavy (non-hydrogen) atoms. The van der Waals surface area contributed by atoms with Crippen LogP contribution in [0.15, 0.2) is 0 Å². The molecule has 0 aromatic heterocycles. The third kappa shape index (κ3) is 3.54. The predicted octanol–water partition coefficient (Wildman–Crippen LogP) is 2.94. The first kappa shape index (κ1) is 8.76. The van der Waals surface area contributed by atoms with E-state index in [1.165, 1.54) is 32.1 Å². The molecule has 1 saturated carbocycles. The van der Waals surface area contributed by atoms with Crippen molar-refractivity contribution < 1.29 is 4.79 Å². The SMILES string of the molecule is CC(=O)CCCC1CCCC1. The fourth-order valence-corrected chi connectivity index (χ4v) is 1.94. The fraction of sp³-hybridized carbons (Fsp3) is 0.900. The van der Waals surface area contributed by atoms with Crippen molar-refractivity contribution in [2.45, 2.75) is 51.9 Å². The van der Waals surface area contributed by atoms with Gasteiger partial charge in [-0.15, -0.1) is 0 Å². The van der Waals surface area contributed by atoms with Crippen LogP contribution >= 0.6 is 0 Å². The van der Waals surface area contributed by atoms with Crippen LogP contribution in [0.1, 0.15) is 51.9 Å². The molecule has 0 aromatic carbocycles. The second-order valence-electron chi connectivity index (χ2n) is 3.74. The number of ketones is 1. The maximum atomic E-state index is 10.6. The summed E-state index contributed by atoms with van der Waals surface area (Å²) in [6, 6.07) is 0. The highest BCUT2D eigenvalue weighted by Gasteiger charge is 2.13. The average Bonchev–Trinajstić information content (AvgIpc) is 2.39. The highest BCUT2D eigenvalue weighted by Crippen LogP contribution is 2.28. The topological polar surface area (TPSA) is 17.1 Å². The van der Waals surface area contributed by atoms with Gasteiger partial charge in [0.05, 0.1) is 0 Å². The van der Waals surface area contributed by atoms with E-state index in [1.807, 2.05) is 0 Å². The van der Waals surface area contributed by atoms with Crippen molar-refractivity contribution in [2.24, 2.45) is 5.92 Å². The van der Waals surface area contributed by atoms with E-state index in [0.717, 1.165) is 18.8 Å². The molecule has 0 bridgehead atoms. The van der Waals surface area contributed by atoms with E-state index in [0.29, 0.717) is 5.78 Å². The molecule has 1 fully saturated rings. The number of carbonyl (C=O) groups excluding carboxylic acids is 1. The van der Waals surface area contributed by atoms with Crippen LogP contribution in [-0.2, 0) is 4.79 Å². The molecular formula is C10H18O. The van der Waals surface area contributed by atoms with Crippen molar-refractivity contribution in [3.63, 3.8) is 0 Å². The maximum absolute atomic E-state index is 10.6. The number of Topliss-reactive ketones (excluding diaryl/α,β-unsaturated/α-hetero) is 1. The second-order valence-corrected chi connectivity index (χ2v) is 3.74. The van der Waals surface area contributed by atoms with Crippen molar-refractivity contribution in [1.82, 2.24) is 0 Å². The van der Waals surface area contributed by atoms with Crippen molar-refractivity contribution >= 4 is 5.78 Å². The molecule has 1 aliphatic rings. The normalized spacial score (nSPS) is 19.0. The second kappa shape index (κ2) is 4.53. The Kier molecular flexibility index (Phi) is 3.61. The minimum Gasteiger partial charge on any atom is -0.300 e. The molecule has 0 aromatic rings. The van der Waals surface area contributed by atoms with E-state index in [-0.39, 0.29) is 0 Å². The van der Waals surface area contributed by atoms with Gasteiger partial charge in [-0.25, -0.2) is 0 Å². The summed E-state index contributed by atoms with van der Waals surface area (Å²) >= 11 is 0. The first-order valence-electron chi connectivity index (χ1n) is 4.78. The molecule has 1 nitrogen and oxygen atoms in total. The van der Waals surface area contributed by atoms with Crippen LogP contribution in [0.5, 0.6) is 0 Å². The molecule has 0 saturated heterocycles. The van der Waals surface area contributed by atoms with Gasteiger partial charge in [0.2, 0.25) is 0 Å². The quantitative estimate of drug-likeness (QED) is 0.608. The largest absolute Gasteiger partial charge is 0.300 e. The molecule has 0 aliphatic heterocycles. The van der Waals surface area contributed by atoms with E-state index >= 15 is 0 Å². The number of hydrogen-bond acceptors (Lipinski definition) is 1. The minimum absolute atomic E-state index is 0.350. The predicted molar refractivity (Wildman–Crippen MR) is 46.5 cm³/mol. The zero-order valence-electron chi connectivity index (χ0n) is 7.44. The fourth-order valence-electron chi connectivity index (χ4n) is 1.94. The van der Waals surface area contributed by atoms with Crippen molar-refractivity contribution in [3.8, 4) is 0 Å². The summed E-state index contributed by atoms with van der Waals surface area (Å²) in [7, 11) is 0. The van der Waals surface area contributed by atoms with Crippen LogP contribution in [0.25, 0.3) is 0 Å². The smallest absolute Gasteiger partial charge is 0.129 e. The lowest BCUT2D eigenvalue weighted by atomic mass is 10.00. The Bertz CT molecular complexity index is 123. The van der Waals surface area contributed by atoms with Crippen LogP contribution in [0.4, 0.5) is 0 Å². The summed E-state index contributed by atoms with van der Waals surface area (Å²) < 4.78 is 0. The van der Waals surface area contributed by atoms with Gasteiger partial charge in [0.15, 0.2) is 0 Å². The summed E-state index contributed by atoms with van der Waals surface area (Å²) in [5, 5.41) is 0. The molecular weight excluding hydrogens is 136 g/mol. The lowest BCUT2D eigenvalue weighted by Gasteiger charge is -2.06. The van der Waals surface area contributed by atoms with Crippen LogP contribution in [0.2, 0.25) is 0 Å². The van der Waals surface area contributed by atoms with Crippen molar-refractivity contribution in [3.05, 3.63) is 0 Å². The Hall–Kier alpha value is -0.330. The highest BCUT2D eigenvalue weighted by atomic mass is 16.1. The monoisotopic (exact) mass is 154 g/mol. The summed E-state index contributed by atoms with van der Waals surface area (Å²) in [6.45, 7) is 1.69. The Balaban J connectivity index is 1.98. The van der Waals surface area contributed by atoms with Gasteiger partial charge in [0.25, 0.3) is 0 Å². The molecule has 0 heterocycles. The summed E-state index contributed by atoms with van der Waals surface area (Å²) in [5.41, 5.74) is 0. The maximum Gasteiger partial charge on any atom is 0.129 e. The third-order valence-corrected chi connectivity index (χ3v) is 2.62. The van der Waals surface area contributed by atoms with Crippen LogP contribution in [-0.4, -0.2) is 5.78 Å². The van der Waals surface area contributed by atoms with Gasteiger partial charge in [-0.1, -0.05) is 32.1 Å². The number of carbonyl (C=O) groups is 1. The molecule has 0 amide bonds. The Morgan fingerprint density at radius 2 is 2.00 bits per heavy atom. The van der Waals surface area contributed by atoms with Crippen LogP contribution in [0.3, 0.4) is 0 Å². The average molecular weight is 154 g/mol. The minimum atomic E-state index is 0.350. The molecule has 0 N–H and O–H groups in total. The van der Waals surface area contributed by atoms with Crippen LogP contribution < -0.4 is 0 Å². The van der Waals surface area contributed by atoms with Gasteiger partial charge in [-0.05, 0) is 19.3 Å². The van der Waals surface area contributed by atoms with Gasteiger partial charge in [0, 0.05) is 6.42 Å². The lowest BCUT2D eigenvalue weighted by molar-refractivity contribution is -0.117.